The van der Waals surface area contributed by atoms with Crippen molar-refractivity contribution in [3.05, 3.63) is 30.1 Å². The van der Waals surface area contributed by atoms with Crippen LogP contribution >= 0.6 is 0 Å². The van der Waals surface area contributed by atoms with E-state index in [1.807, 2.05) is 0 Å². The molecule has 76 valence electrons. The van der Waals surface area contributed by atoms with Crippen molar-refractivity contribution in [1.82, 2.24) is 4.98 Å². The Morgan fingerprint density at radius 2 is 2.36 bits per heavy atom. The molecule has 0 saturated carbocycles. The number of aliphatic hydroxyl groups is 1. The summed E-state index contributed by atoms with van der Waals surface area (Å²) in [5.74, 6) is -0.164. The van der Waals surface area contributed by atoms with Crippen molar-refractivity contribution in [2.24, 2.45) is 5.73 Å². The second kappa shape index (κ2) is 4.83. The van der Waals surface area contributed by atoms with Crippen LogP contribution in [0.3, 0.4) is 0 Å². The minimum absolute atomic E-state index is 0.164. The molecular formula is C10H14N2O2. The molecule has 0 aliphatic heterocycles. The van der Waals surface area contributed by atoms with Gasteiger partial charge in [-0.25, -0.2) is 0 Å². The maximum absolute atomic E-state index is 11.2. The van der Waals surface area contributed by atoms with Crippen LogP contribution in [0.4, 0.5) is 0 Å². The zero-order valence-corrected chi connectivity index (χ0v) is 8.05. The van der Waals surface area contributed by atoms with E-state index >= 15 is 0 Å². The van der Waals surface area contributed by atoms with Gasteiger partial charge in [0.1, 0.15) is 6.10 Å². The number of Topliss-reactive ketones (excluding diaryl/α,β-unsaturated/α-hetero) is 1. The molecule has 3 N–H and O–H groups in total. The van der Waals surface area contributed by atoms with E-state index in [1.165, 1.54) is 0 Å². The summed E-state index contributed by atoms with van der Waals surface area (Å²) in [5.41, 5.74) is 6.00. The summed E-state index contributed by atoms with van der Waals surface area (Å²) in [7, 11) is 0. The van der Waals surface area contributed by atoms with Gasteiger partial charge in [-0.3, -0.25) is 9.78 Å². The molecule has 0 spiro atoms. The average Bonchev–Trinajstić information content (AvgIpc) is 2.27. The molecule has 4 heteroatoms. The maximum Gasteiger partial charge on any atom is 0.152 e. The normalized spacial score (nSPS) is 14.8. The maximum atomic E-state index is 11.2. The van der Waals surface area contributed by atoms with Crippen LogP contribution in [0.5, 0.6) is 0 Å². The third-order valence-corrected chi connectivity index (χ3v) is 2.05. The van der Waals surface area contributed by atoms with Crippen LogP contribution in [0, 0.1) is 0 Å². The van der Waals surface area contributed by atoms with E-state index < -0.39 is 12.1 Å². The van der Waals surface area contributed by atoms with E-state index in [1.54, 1.807) is 31.3 Å². The third kappa shape index (κ3) is 2.37. The lowest BCUT2D eigenvalue weighted by Gasteiger charge is -2.16. The molecule has 0 saturated heterocycles. The number of ketones is 1. The fraction of sp³-hybridized carbons (Fsp3) is 0.400. The van der Waals surface area contributed by atoms with E-state index in [-0.39, 0.29) is 5.78 Å². The van der Waals surface area contributed by atoms with Crippen molar-refractivity contribution in [1.29, 1.82) is 0 Å². The summed E-state index contributed by atoms with van der Waals surface area (Å²) in [4.78, 5) is 15.1. The lowest BCUT2D eigenvalue weighted by atomic mass is 10.0. The van der Waals surface area contributed by atoms with E-state index in [2.05, 4.69) is 4.98 Å². The number of pyridine rings is 1. The Hall–Kier alpha value is -1.26. The molecule has 0 aliphatic carbocycles. The van der Waals surface area contributed by atoms with Gasteiger partial charge in [-0.15, -0.1) is 0 Å². The zero-order valence-electron chi connectivity index (χ0n) is 8.05. The number of hydrogen-bond acceptors (Lipinski definition) is 4. The van der Waals surface area contributed by atoms with Gasteiger partial charge in [0, 0.05) is 12.6 Å². The zero-order chi connectivity index (χ0) is 10.6. The molecule has 1 aromatic rings. The van der Waals surface area contributed by atoms with Gasteiger partial charge in [0.25, 0.3) is 0 Å². The molecular weight excluding hydrogens is 180 g/mol. The van der Waals surface area contributed by atoms with Crippen molar-refractivity contribution in [2.75, 3.05) is 0 Å². The largest absolute Gasteiger partial charge is 0.385 e. The number of aliphatic hydroxyl groups excluding tert-OH is 1. The quantitative estimate of drug-likeness (QED) is 0.728. The first-order valence-electron chi connectivity index (χ1n) is 4.54. The van der Waals surface area contributed by atoms with Crippen LogP contribution in [0.25, 0.3) is 0 Å². The van der Waals surface area contributed by atoms with Gasteiger partial charge in [0.05, 0.1) is 11.7 Å². The molecule has 1 heterocycles. The Labute approximate surface area is 82.8 Å². The molecule has 1 aromatic heterocycles. The van der Waals surface area contributed by atoms with Crippen molar-refractivity contribution in [3.8, 4) is 0 Å². The van der Waals surface area contributed by atoms with E-state index in [4.69, 9.17) is 5.73 Å². The molecule has 0 aromatic carbocycles. The predicted octanol–water partition coefficient (Wildman–Crippen LogP) is 0.421. The van der Waals surface area contributed by atoms with Crippen LogP contribution in [-0.2, 0) is 4.79 Å². The first-order valence-corrected chi connectivity index (χ1v) is 4.54. The van der Waals surface area contributed by atoms with Gasteiger partial charge < -0.3 is 10.8 Å². The highest BCUT2D eigenvalue weighted by atomic mass is 16.3. The van der Waals surface area contributed by atoms with Gasteiger partial charge >= 0.3 is 0 Å². The number of nitrogens with two attached hydrogens (primary N) is 1. The first kappa shape index (κ1) is 10.8. The SMILES string of the molecule is CCC(=O)C(N)C(O)c1ccccn1. The molecule has 2 atom stereocenters. The minimum Gasteiger partial charge on any atom is -0.385 e. The number of hydrogen-bond donors (Lipinski definition) is 2. The highest BCUT2D eigenvalue weighted by Gasteiger charge is 2.23. The number of rotatable bonds is 4. The van der Waals surface area contributed by atoms with Crippen LogP contribution < -0.4 is 5.73 Å². The van der Waals surface area contributed by atoms with Gasteiger partial charge in [-0.05, 0) is 12.1 Å². The number of aromatic nitrogens is 1. The molecule has 0 bridgehead atoms. The molecule has 2 unspecified atom stereocenters. The minimum atomic E-state index is -1.01. The van der Waals surface area contributed by atoms with Gasteiger partial charge in [0.2, 0.25) is 0 Å². The molecule has 0 aliphatic rings. The van der Waals surface area contributed by atoms with Crippen molar-refractivity contribution < 1.29 is 9.90 Å². The summed E-state index contributed by atoms with van der Waals surface area (Å²) in [6.07, 6.45) is 0.871. The Morgan fingerprint density at radius 1 is 1.64 bits per heavy atom. The van der Waals surface area contributed by atoms with Gasteiger partial charge in [-0.1, -0.05) is 13.0 Å². The Morgan fingerprint density at radius 3 is 2.86 bits per heavy atom. The average molecular weight is 194 g/mol. The molecule has 14 heavy (non-hydrogen) atoms. The van der Waals surface area contributed by atoms with Crippen LogP contribution in [-0.4, -0.2) is 21.9 Å². The fourth-order valence-electron chi connectivity index (χ4n) is 1.15. The van der Waals surface area contributed by atoms with Gasteiger partial charge in [0.15, 0.2) is 5.78 Å². The van der Waals surface area contributed by atoms with Crippen LogP contribution in [0.15, 0.2) is 24.4 Å². The standard InChI is InChI=1S/C10H14N2O2/c1-2-8(13)9(11)10(14)7-5-3-4-6-12-7/h3-6,9-10,14H,2,11H2,1H3. The molecule has 1 rings (SSSR count). The van der Waals surface area contributed by atoms with Gasteiger partial charge in [-0.2, -0.15) is 0 Å². The molecule has 0 amide bonds. The van der Waals surface area contributed by atoms with Crippen molar-refractivity contribution in [2.45, 2.75) is 25.5 Å². The summed E-state index contributed by atoms with van der Waals surface area (Å²) < 4.78 is 0. The summed E-state index contributed by atoms with van der Waals surface area (Å²) in [6.45, 7) is 1.72. The Kier molecular flexibility index (Phi) is 3.73. The van der Waals surface area contributed by atoms with Crippen molar-refractivity contribution >= 4 is 5.78 Å². The fourth-order valence-corrected chi connectivity index (χ4v) is 1.15. The predicted molar refractivity (Wildman–Crippen MR) is 52.5 cm³/mol. The summed E-state index contributed by atoms with van der Waals surface area (Å²) >= 11 is 0. The number of carbonyl (C=O) groups is 1. The molecule has 0 radical (unpaired) electrons. The lowest BCUT2D eigenvalue weighted by Crippen LogP contribution is -2.36. The highest BCUT2D eigenvalue weighted by molar-refractivity contribution is 5.84. The topological polar surface area (TPSA) is 76.2 Å². The third-order valence-electron chi connectivity index (χ3n) is 2.05. The van der Waals surface area contributed by atoms with E-state index in [0.717, 1.165) is 0 Å². The Balaban J connectivity index is 2.75. The number of nitrogens with zero attached hydrogens (tertiary/aromatic N) is 1. The van der Waals surface area contributed by atoms with Crippen LogP contribution in [0.2, 0.25) is 0 Å². The molecule has 0 fully saturated rings. The summed E-state index contributed by atoms with van der Waals surface area (Å²) in [5, 5.41) is 9.68. The van der Waals surface area contributed by atoms with Crippen LogP contribution in [0.1, 0.15) is 25.1 Å². The smallest absolute Gasteiger partial charge is 0.152 e. The number of carbonyl (C=O) groups excluding carboxylic acids is 1. The Bertz CT molecular complexity index is 300. The van der Waals surface area contributed by atoms with E-state index in [9.17, 15) is 9.90 Å². The van der Waals surface area contributed by atoms with Crippen molar-refractivity contribution in [3.63, 3.8) is 0 Å². The molecule has 4 nitrogen and oxygen atoms in total. The second-order valence-electron chi connectivity index (χ2n) is 3.05. The monoisotopic (exact) mass is 194 g/mol. The second-order valence-corrected chi connectivity index (χ2v) is 3.05. The summed E-state index contributed by atoms with van der Waals surface area (Å²) in [6, 6.07) is 4.25. The van der Waals surface area contributed by atoms with E-state index in [0.29, 0.717) is 12.1 Å². The highest BCUT2D eigenvalue weighted by Crippen LogP contribution is 2.13. The lowest BCUT2D eigenvalue weighted by molar-refractivity contribution is -0.122. The first-order chi connectivity index (χ1) is 6.66.